The first-order valence-electron chi connectivity index (χ1n) is 5.38. The van der Waals surface area contributed by atoms with Gasteiger partial charge in [0.2, 0.25) is 0 Å². The van der Waals surface area contributed by atoms with Crippen LogP contribution in [0.1, 0.15) is 26.2 Å². The molecule has 2 fully saturated rings. The number of aldehydes is 1. The van der Waals surface area contributed by atoms with E-state index in [1.54, 1.807) is 0 Å². The topological polar surface area (TPSA) is 43.4 Å². The van der Waals surface area contributed by atoms with Gasteiger partial charge in [-0.3, -0.25) is 4.79 Å². The minimum absolute atomic E-state index is 0.00361. The summed E-state index contributed by atoms with van der Waals surface area (Å²) in [5.74, 6) is 0.889. The Morgan fingerprint density at radius 1 is 1.43 bits per heavy atom. The predicted octanol–water partition coefficient (Wildman–Crippen LogP) is 1.41. The van der Waals surface area contributed by atoms with Crippen LogP contribution in [0.15, 0.2) is 0 Å². The molecule has 0 unspecified atom stereocenters. The summed E-state index contributed by atoms with van der Waals surface area (Å²) in [7, 11) is 0. The van der Waals surface area contributed by atoms with Crippen molar-refractivity contribution in [3.63, 3.8) is 0 Å². The lowest BCUT2D eigenvalue weighted by atomic mass is 9.81. The molecule has 0 amide bonds. The van der Waals surface area contributed by atoms with Gasteiger partial charge in [-0.05, 0) is 38.0 Å². The monoisotopic (exact) mass is 196 g/mol. The van der Waals surface area contributed by atoms with Gasteiger partial charge >= 0.3 is 5.97 Å². The number of carbonyl (C=O) groups excluding carboxylic acids is 2. The fraction of sp³-hybridized carbons (Fsp3) is 0.818. The molecule has 0 heterocycles. The maximum atomic E-state index is 11.6. The third kappa shape index (κ3) is 1.45. The van der Waals surface area contributed by atoms with Crippen LogP contribution in [-0.4, -0.2) is 18.9 Å². The van der Waals surface area contributed by atoms with Crippen molar-refractivity contribution >= 4 is 12.3 Å². The molecule has 78 valence electrons. The lowest BCUT2D eigenvalue weighted by Crippen LogP contribution is -2.29. The second-order valence-electron chi connectivity index (χ2n) is 4.40. The zero-order valence-corrected chi connectivity index (χ0v) is 8.44. The van der Waals surface area contributed by atoms with E-state index in [0.717, 1.165) is 25.5 Å². The number of fused-ring (bicyclic) bond motifs is 2. The van der Waals surface area contributed by atoms with Crippen molar-refractivity contribution in [2.45, 2.75) is 26.2 Å². The van der Waals surface area contributed by atoms with E-state index in [0.29, 0.717) is 12.5 Å². The van der Waals surface area contributed by atoms with Gasteiger partial charge in [0.05, 0.1) is 12.5 Å². The van der Waals surface area contributed by atoms with Gasteiger partial charge in [0.1, 0.15) is 6.29 Å². The first-order chi connectivity index (χ1) is 6.76. The van der Waals surface area contributed by atoms with Crippen molar-refractivity contribution in [1.82, 2.24) is 0 Å². The molecule has 0 radical (unpaired) electrons. The molecule has 14 heavy (non-hydrogen) atoms. The van der Waals surface area contributed by atoms with E-state index in [-0.39, 0.29) is 23.7 Å². The summed E-state index contributed by atoms with van der Waals surface area (Å²) in [6.07, 6.45) is 4.00. The van der Waals surface area contributed by atoms with Crippen LogP contribution in [0.25, 0.3) is 0 Å². The average molecular weight is 196 g/mol. The van der Waals surface area contributed by atoms with Crippen LogP contribution in [0.2, 0.25) is 0 Å². The van der Waals surface area contributed by atoms with Crippen molar-refractivity contribution in [1.29, 1.82) is 0 Å². The molecule has 2 aliphatic carbocycles. The minimum Gasteiger partial charge on any atom is -0.466 e. The smallest absolute Gasteiger partial charge is 0.309 e. The van der Waals surface area contributed by atoms with Crippen LogP contribution < -0.4 is 0 Å². The van der Waals surface area contributed by atoms with E-state index < -0.39 is 0 Å². The Morgan fingerprint density at radius 2 is 2.21 bits per heavy atom. The second-order valence-corrected chi connectivity index (χ2v) is 4.40. The Balaban J connectivity index is 2.02. The predicted molar refractivity (Wildman–Crippen MR) is 50.5 cm³/mol. The van der Waals surface area contributed by atoms with E-state index in [1.807, 2.05) is 6.92 Å². The lowest BCUT2D eigenvalue weighted by Gasteiger charge is -2.24. The third-order valence-electron chi connectivity index (χ3n) is 3.63. The molecule has 3 nitrogen and oxygen atoms in total. The highest BCUT2D eigenvalue weighted by molar-refractivity contribution is 5.74. The molecule has 3 heteroatoms. The standard InChI is InChI=1S/C11H16O3/c1-2-14-11(13)10-5-7-3-8(6-12)9(10)4-7/h6-10H,2-5H2,1H3/t7-,8-,9+,10-/m1/s1. The molecule has 2 bridgehead atoms. The number of ether oxygens (including phenoxy) is 1. The summed E-state index contributed by atoms with van der Waals surface area (Å²) < 4.78 is 5.02. The zero-order chi connectivity index (χ0) is 10.1. The number of hydrogen-bond acceptors (Lipinski definition) is 3. The molecule has 0 aromatic rings. The van der Waals surface area contributed by atoms with Crippen LogP contribution in [-0.2, 0) is 14.3 Å². The van der Waals surface area contributed by atoms with E-state index in [2.05, 4.69) is 0 Å². The normalized spacial score (nSPS) is 39.8. The average Bonchev–Trinajstić information content (AvgIpc) is 2.76. The van der Waals surface area contributed by atoms with Gasteiger partial charge in [0.25, 0.3) is 0 Å². The summed E-state index contributed by atoms with van der Waals surface area (Å²) in [5, 5.41) is 0. The molecular weight excluding hydrogens is 180 g/mol. The summed E-state index contributed by atoms with van der Waals surface area (Å²) in [4.78, 5) is 22.3. The van der Waals surface area contributed by atoms with Crippen LogP contribution >= 0.6 is 0 Å². The molecule has 0 aromatic heterocycles. The van der Waals surface area contributed by atoms with Crippen LogP contribution in [0.5, 0.6) is 0 Å². The Labute approximate surface area is 83.8 Å². The van der Waals surface area contributed by atoms with Crippen molar-refractivity contribution in [3.05, 3.63) is 0 Å². The highest BCUT2D eigenvalue weighted by Gasteiger charge is 2.49. The molecule has 4 atom stereocenters. The molecule has 2 aliphatic rings. The van der Waals surface area contributed by atoms with Crippen LogP contribution in [0, 0.1) is 23.7 Å². The Bertz CT molecular complexity index is 249. The number of rotatable bonds is 3. The summed E-state index contributed by atoms with van der Waals surface area (Å²) in [6, 6.07) is 0. The van der Waals surface area contributed by atoms with Crippen LogP contribution in [0.4, 0.5) is 0 Å². The van der Waals surface area contributed by atoms with E-state index >= 15 is 0 Å². The molecule has 2 rings (SSSR count). The summed E-state index contributed by atoms with van der Waals surface area (Å²) >= 11 is 0. The fourth-order valence-electron chi connectivity index (χ4n) is 3.08. The number of esters is 1. The van der Waals surface area contributed by atoms with Crippen molar-refractivity contribution in [2.24, 2.45) is 23.7 Å². The van der Waals surface area contributed by atoms with Gasteiger partial charge in [-0.25, -0.2) is 0 Å². The number of hydrogen-bond donors (Lipinski definition) is 0. The van der Waals surface area contributed by atoms with Gasteiger partial charge in [0.15, 0.2) is 0 Å². The molecule has 0 saturated heterocycles. The van der Waals surface area contributed by atoms with E-state index in [9.17, 15) is 9.59 Å². The van der Waals surface area contributed by atoms with Gasteiger partial charge in [-0.1, -0.05) is 0 Å². The molecule has 2 saturated carbocycles. The Kier molecular flexibility index (Phi) is 2.57. The van der Waals surface area contributed by atoms with Crippen molar-refractivity contribution < 1.29 is 14.3 Å². The largest absolute Gasteiger partial charge is 0.466 e. The number of carbonyl (C=O) groups is 2. The Morgan fingerprint density at radius 3 is 2.79 bits per heavy atom. The van der Waals surface area contributed by atoms with Gasteiger partial charge in [-0.15, -0.1) is 0 Å². The maximum absolute atomic E-state index is 11.6. The minimum atomic E-state index is -0.0912. The van der Waals surface area contributed by atoms with E-state index in [1.165, 1.54) is 0 Å². The molecular formula is C11H16O3. The highest BCUT2D eigenvalue weighted by Crippen LogP contribution is 2.51. The zero-order valence-electron chi connectivity index (χ0n) is 8.44. The van der Waals surface area contributed by atoms with Crippen LogP contribution in [0.3, 0.4) is 0 Å². The third-order valence-corrected chi connectivity index (χ3v) is 3.63. The van der Waals surface area contributed by atoms with Crippen molar-refractivity contribution in [2.75, 3.05) is 6.61 Å². The fourth-order valence-corrected chi connectivity index (χ4v) is 3.08. The maximum Gasteiger partial charge on any atom is 0.309 e. The molecule has 0 aliphatic heterocycles. The molecule has 0 aromatic carbocycles. The Hall–Kier alpha value is -0.860. The van der Waals surface area contributed by atoms with Gasteiger partial charge < -0.3 is 9.53 Å². The molecule has 0 N–H and O–H groups in total. The first kappa shape index (κ1) is 9.69. The summed E-state index contributed by atoms with van der Waals surface area (Å²) in [6.45, 7) is 2.26. The summed E-state index contributed by atoms with van der Waals surface area (Å²) in [5.41, 5.74) is 0. The van der Waals surface area contributed by atoms with E-state index in [4.69, 9.17) is 4.74 Å². The highest BCUT2D eigenvalue weighted by atomic mass is 16.5. The first-order valence-corrected chi connectivity index (χ1v) is 5.38. The van der Waals surface area contributed by atoms with Gasteiger partial charge in [-0.2, -0.15) is 0 Å². The van der Waals surface area contributed by atoms with Crippen molar-refractivity contribution in [3.8, 4) is 0 Å². The lowest BCUT2D eigenvalue weighted by molar-refractivity contribution is -0.150. The van der Waals surface area contributed by atoms with Gasteiger partial charge in [0, 0.05) is 5.92 Å². The second kappa shape index (κ2) is 3.71. The quantitative estimate of drug-likeness (QED) is 0.506. The SMILES string of the molecule is CCOC(=O)[C@@H]1C[C@H]2C[C@H]1[C@@H](C=O)C2. The molecule has 0 spiro atoms.